The summed E-state index contributed by atoms with van der Waals surface area (Å²) in [5, 5.41) is 3.19. The van der Waals surface area contributed by atoms with E-state index in [1.54, 1.807) is 24.3 Å². The number of hydrogen-bond acceptors (Lipinski definition) is 3. The molecule has 122 valence electrons. The van der Waals surface area contributed by atoms with Crippen LogP contribution in [0, 0.1) is 5.82 Å². The molecule has 0 radical (unpaired) electrons. The molecule has 0 aliphatic heterocycles. The summed E-state index contributed by atoms with van der Waals surface area (Å²) < 4.78 is 18.9. The standard InChI is InChI=1S/C17H17ClFNO2S/c18-15-7-4-8-16(19)14(15)12-23-10-9-20-17(21)11-22-13-5-2-1-3-6-13/h1-8H,9-12H2,(H,20,21). The average molecular weight is 354 g/mol. The van der Waals surface area contributed by atoms with Gasteiger partial charge in [-0.2, -0.15) is 11.8 Å². The average Bonchev–Trinajstić information content (AvgIpc) is 2.56. The number of carbonyl (C=O) groups excluding carboxylic acids is 1. The molecule has 0 aromatic heterocycles. The van der Waals surface area contributed by atoms with Crippen LogP contribution in [0.25, 0.3) is 0 Å². The van der Waals surface area contributed by atoms with Crippen LogP contribution in [-0.2, 0) is 10.5 Å². The molecule has 0 saturated heterocycles. The van der Waals surface area contributed by atoms with Gasteiger partial charge in [0.1, 0.15) is 11.6 Å². The number of amides is 1. The molecule has 0 aliphatic rings. The van der Waals surface area contributed by atoms with Crippen molar-refractivity contribution in [1.82, 2.24) is 5.32 Å². The molecule has 2 rings (SSSR count). The number of thioether (sulfide) groups is 1. The van der Waals surface area contributed by atoms with Crippen molar-refractivity contribution >= 4 is 29.3 Å². The molecule has 2 aromatic rings. The topological polar surface area (TPSA) is 38.3 Å². The zero-order valence-electron chi connectivity index (χ0n) is 12.4. The van der Waals surface area contributed by atoms with Crippen LogP contribution in [0.3, 0.4) is 0 Å². The molecule has 0 saturated carbocycles. The van der Waals surface area contributed by atoms with Crippen molar-refractivity contribution in [2.24, 2.45) is 0 Å². The highest BCUT2D eigenvalue weighted by Gasteiger charge is 2.07. The highest BCUT2D eigenvalue weighted by Crippen LogP contribution is 2.23. The summed E-state index contributed by atoms with van der Waals surface area (Å²) in [5.74, 6) is 1.32. The van der Waals surface area contributed by atoms with Crippen LogP contribution in [0.2, 0.25) is 5.02 Å². The van der Waals surface area contributed by atoms with Gasteiger partial charge in [-0.1, -0.05) is 35.9 Å². The zero-order valence-corrected chi connectivity index (χ0v) is 14.0. The van der Waals surface area contributed by atoms with Crippen molar-refractivity contribution < 1.29 is 13.9 Å². The minimum absolute atomic E-state index is 0.0200. The second-order valence-electron chi connectivity index (χ2n) is 4.70. The largest absolute Gasteiger partial charge is 0.484 e. The van der Waals surface area contributed by atoms with E-state index in [0.29, 0.717) is 34.4 Å². The van der Waals surface area contributed by atoms with Gasteiger partial charge in [0.25, 0.3) is 5.91 Å². The second-order valence-corrected chi connectivity index (χ2v) is 6.22. The molecule has 23 heavy (non-hydrogen) atoms. The fourth-order valence-electron chi connectivity index (χ4n) is 1.82. The Labute approximate surface area is 144 Å². The van der Waals surface area contributed by atoms with Crippen LogP contribution in [0.4, 0.5) is 4.39 Å². The van der Waals surface area contributed by atoms with Gasteiger partial charge >= 0.3 is 0 Å². The number of rotatable bonds is 8. The van der Waals surface area contributed by atoms with E-state index in [1.807, 2.05) is 18.2 Å². The molecule has 2 aromatic carbocycles. The van der Waals surface area contributed by atoms with E-state index in [0.717, 1.165) is 0 Å². The Kier molecular flexibility index (Phi) is 7.23. The third kappa shape index (κ3) is 6.12. The van der Waals surface area contributed by atoms with Crippen LogP contribution >= 0.6 is 23.4 Å². The SMILES string of the molecule is O=C(COc1ccccc1)NCCSCc1c(F)cccc1Cl. The van der Waals surface area contributed by atoms with Crippen molar-refractivity contribution in [2.45, 2.75) is 5.75 Å². The Balaban J connectivity index is 1.61. The molecule has 0 aliphatic carbocycles. The highest BCUT2D eigenvalue weighted by atomic mass is 35.5. The lowest BCUT2D eigenvalue weighted by molar-refractivity contribution is -0.122. The summed E-state index contributed by atoms with van der Waals surface area (Å²) in [6.07, 6.45) is 0. The predicted molar refractivity (Wildman–Crippen MR) is 92.5 cm³/mol. The Hall–Kier alpha value is -1.72. The Bertz CT molecular complexity index is 619. The first-order valence-electron chi connectivity index (χ1n) is 7.12. The summed E-state index contributed by atoms with van der Waals surface area (Å²) in [7, 11) is 0. The van der Waals surface area contributed by atoms with Gasteiger partial charge in [-0.15, -0.1) is 0 Å². The molecule has 0 fully saturated rings. The summed E-state index contributed by atoms with van der Waals surface area (Å²) in [4.78, 5) is 11.6. The van der Waals surface area contributed by atoms with Gasteiger partial charge in [-0.05, 0) is 24.3 Å². The smallest absolute Gasteiger partial charge is 0.257 e. The van der Waals surface area contributed by atoms with Crippen LogP contribution in [0.15, 0.2) is 48.5 Å². The number of ether oxygens (including phenoxy) is 1. The first kappa shape index (κ1) is 17.6. The zero-order chi connectivity index (χ0) is 16.5. The summed E-state index contributed by atoms with van der Waals surface area (Å²) in [6.45, 7) is 0.474. The number of carbonyl (C=O) groups is 1. The lowest BCUT2D eigenvalue weighted by atomic mass is 10.2. The maximum Gasteiger partial charge on any atom is 0.257 e. The summed E-state index contributed by atoms with van der Waals surface area (Å²) in [6, 6.07) is 13.8. The number of halogens is 2. The van der Waals surface area contributed by atoms with Gasteiger partial charge in [-0.3, -0.25) is 4.79 Å². The lowest BCUT2D eigenvalue weighted by Gasteiger charge is -2.08. The van der Waals surface area contributed by atoms with E-state index in [1.165, 1.54) is 17.8 Å². The Morgan fingerprint density at radius 3 is 2.70 bits per heavy atom. The number of para-hydroxylation sites is 1. The molecule has 0 heterocycles. The third-order valence-electron chi connectivity index (χ3n) is 2.99. The number of hydrogen-bond donors (Lipinski definition) is 1. The van der Waals surface area contributed by atoms with Crippen molar-refractivity contribution in [1.29, 1.82) is 0 Å². The minimum Gasteiger partial charge on any atom is -0.484 e. The fraction of sp³-hybridized carbons (Fsp3) is 0.235. The maximum atomic E-state index is 13.6. The summed E-state index contributed by atoms with van der Waals surface area (Å²) >= 11 is 7.46. The van der Waals surface area contributed by atoms with Crippen molar-refractivity contribution in [3.8, 4) is 5.75 Å². The van der Waals surface area contributed by atoms with Crippen LogP contribution in [0.5, 0.6) is 5.75 Å². The predicted octanol–water partition coefficient (Wildman–Crippen LogP) is 3.91. The van der Waals surface area contributed by atoms with E-state index < -0.39 is 0 Å². The Morgan fingerprint density at radius 2 is 1.96 bits per heavy atom. The van der Waals surface area contributed by atoms with Crippen LogP contribution < -0.4 is 10.1 Å². The van der Waals surface area contributed by atoms with Crippen molar-refractivity contribution in [2.75, 3.05) is 18.9 Å². The van der Waals surface area contributed by atoms with E-state index in [4.69, 9.17) is 16.3 Å². The quantitative estimate of drug-likeness (QED) is 0.731. The van der Waals surface area contributed by atoms with Gasteiger partial charge in [0.05, 0.1) is 0 Å². The van der Waals surface area contributed by atoms with Gasteiger partial charge in [0.2, 0.25) is 0 Å². The molecule has 0 bridgehead atoms. The number of benzene rings is 2. The van der Waals surface area contributed by atoms with Gasteiger partial charge in [0, 0.05) is 28.6 Å². The van der Waals surface area contributed by atoms with Gasteiger partial charge in [0.15, 0.2) is 6.61 Å². The molecule has 1 amide bonds. The second kappa shape index (κ2) is 9.43. The Morgan fingerprint density at radius 1 is 1.17 bits per heavy atom. The van der Waals surface area contributed by atoms with E-state index >= 15 is 0 Å². The highest BCUT2D eigenvalue weighted by molar-refractivity contribution is 7.98. The summed E-state index contributed by atoms with van der Waals surface area (Å²) in [5.41, 5.74) is 0.498. The first-order valence-corrected chi connectivity index (χ1v) is 8.65. The molecule has 3 nitrogen and oxygen atoms in total. The molecule has 0 atom stereocenters. The molecular formula is C17H17ClFNO2S. The maximum absolute atomic E-state index is 13.6. The van der Waals surface area contributed by atoms with Crippen LogP contribution in [0.1, 0.15) is 5.56 Å². The van der Waals surface area contributed by atoms with Crippen LogP contribution in [-0.4, -0.2) is 24.8 Å². The lowest BCUT2D eigenvalue weighted by Crippen LogP contribution is -2.30. The van der Waals surface area contributed by atoms with E-state index in [9.17, 15) is 9.18 Å². The first-order chi connectivity index (χ1) is 11.2. The third-order valence-corrected chi connectivity index (χ3v) is 4.33. The fourth-order valence-corrected chi connectivity index (χ4v) is 3.02. The molecular weight excluding hydrogens is 337 g/mol. The monoisotopic (exact) mass is 353 g/mol. The van der Waals surface area contributed by atoms with Gasteiger partial charge in [-0.25, -0.2) is 4.39 Å². The normalized spacial score (nSPS) is 10.3. The molecule has 6 heteroatoms. The van der Waals surface area contributed by atoms with E-state index in [2.05, 4.69) is 5.32 Å². The molecule has 0 spiro atoms. The minimum atomic E-state index is -0.301. The van der Waals surface area contributed by atoms with Gasteiger partial charge < -0.3 is 10.1 Å². The van der Waals surface area contributed by atoms with Crippen molar-refractivity contribution in [3.63, 3.8) is 0 Å². The molecule has 1 N–H and O–H groups in total. The molecule has 0 unspecified atom stereocenters. The van der Waals surface area contributed by atoms with Crippen molar-refractivity contribution in [3.05, 3.63) is 64.9 Å². The van der Waals surface area contributed by atoms with E-state index in [-0.39, 0.29) is 18.3 Å². The number of nitrogens with one attached hydrogen (secondary N) is 1.